The summed E-state index contributed by atoms with van der Waals surface area (Å²) >= 11 is 1.53. The van der Waals surface area contributed by atoms with E-state index in [-0.39, 0.29) is 12.0 Å². The average molecular weight is 316 g/mol. The summed E-state index contributed by atoms with van der Waals surface area (Å²) in [6.07, 6.45) is 5.23. The van der Waals surface area contributed by atoms with Gasteiger partial charge < -0.3 is 4.74 Å². The Labute approximate surface area is 134 Å². The van der Waals surface area contributed by atoms with E-state index in [1.165, 1.54) is 16.2 Å². The minimum Gasteiger partial charge on any atom is -0.490 e. The van der Waals surface area contributed by atoms with Gasteiger partial charge in [0.2, 0.25) is 0 Å². The first kappa shape index (κ1) is 15.0. The van der Waals surface area contributed by atoms with Crippen LogP contribution in [0.3, 0.4) is 0 Å². The van der Waals surface area contributed by atoms with E-state index in [2.05, 4.69) is 24.1 Å². The third kappa shape index (κ3) is 3.85. The van der Waals surface area contributed by atoms with Crippen molar-refractivity contribution < 1.29 is 9.53 Å². The van der Waals surface area contributed by atoms with Gasteiger partial charge in [0.1, 0.15) is 5.75 Å². The van der Waals surface area contributed by atoms with E-state index in [9.17, 15) is 4.79 Å². The van der Waals surface area contributed by atoms with Gasteiger partial charge in [0.05, 0.1) is 11.7 Å². The van der Waals surface area contributed by atoms with Gasteiger partial charge in [-0.15, -0.1) is 11.3 Å². The minimum absolute atomic E-state index is 0.165. The largest absolute Gasteiger partial charge is 0.490 e. The van der Waals surface area contributed by atoms with Crippen molar-refractivity contribution in [1.29, 1.82) is 0 Å². The molecule has 0 spiro atoms. The van der Waals surface area contributed by atoms with Gasteiger partial charge >= 0.3 is 0 Å². The van der Waals surface area contributed by atoms with Crippen LogP contribution in [0.5, 0.6) is 5.75 Å². The lowest BCUT2D eigenvalue weighted by atomic mass is 10.1. The topological polar surface area (TPSA) is 51.2 Å². The molecule has 22 heavy (non-hydrogen) atoms. The molecule has 0 aliphatic heterocycles. The van der Waals surface area contributed by atoms with Crippen LogP contribution < -0.4 is 10.1 Å². The number of nitrogens with zero attached hydrogens (tertiary/aromatic N) is 1. The molecular weight excluding hydrogens is 296 g/mol. The van der Waals surface area contributed by atoms with Crippen molar-refractivity contribution in [2.75, 3.05) is 5.32 Å². The molecule has 116 valence electrons. The van der Waals surface area contributed by atoms with Crippen molar-refractivity contribution in [2.24, 2.45) is 5.92 Å². The number of carbonyl (C=O) groups is 1. The third-order valence-corrected chi connectivity index (χ3v) is 4.27. The van der Waals surface area contributed by atoms with Gasteiger partial charge in [-0.1, -0.05) is 26.0 Å². The summed E-state index contributed by atoms with van der Waals surface area (Å²) in [6, 6.07) is 7.37. The molecule has 0 radical (unpaired) electrons. The zero-order valence-electron chi connectivity index (χ0n) is 12.8. The number of hydrogen-bond acceptors (Lipinski definition) is 4. The van der Waals surface area contributed by atoms with Crippen LogP contribution in [0.2, 0.25) is 0 Å². The van der Waals surface area contributed by atoms with Crippen LogP contribution in [0, 0.1) is 5.92 Å². The molecule has 4 nitrogen and oxygen atoms in total. The molecule has 1 fully saturated rings. The lowest BCUT2D eigenvalue weighted by Gasteiger charge is -2.09. The third-order valence-electron chi connectivity index (χ3n) is 3.33. The van der Waals surface area contributed by atoms with E-state index in [0.29, 0.717) is 22.4 Å². The zero-order valence-corrected chi connectivity index (χ0v) is 13.7. The van der Waals surface area contributed by atoms with Crippen molar-refractivity contribution in [1.82, 2.24) is 4.98 Å². The van der Waals surface area contributed by atoms with Crippen molar-refractivity contribution >= 4 is 22.4 Å². The maximum absolute atomic E-state index is 12.4. The van der Waals surface area contributed by atoms with Crippen LogP contribution in [0.4, 0.5) is 5.13 Å². The molecule has 1 heterocycles. The number of aromatic nitrogens is 1. The van der Waals surface area contributed by atoms with Crippen LogP contribution in [-0.2, 0) is 6.42 Å². The standard InChI is InChI=1S/C17H20N2O2S/c1-11(2)9-13-10-18-17(22-13)19-16(20)14-5-3-4-6-15(14)21-12-7-8-12/h3-6,10-12H,7-9H2,1-2H3,(H,18,19,20). The summed E-state index contributed by atoms with van der Waals surface area (Å²) in [5.41, 5.74) is 0.565. The smallest absolute Gasteiger partial charge is 0.261 e. The lowest BCUT2D eigenvalue weighted by molar-refractivity contribution is 0.102. The summed E-state index contributed by atoms with van der Waals surface area (Å²) in [6.45, 7) is 4.34. The molecule has 1 aromatic heterocycles. The fraction of sp³-hybridized carbons (Fsp3) is 0.412. The van der Waals surface area contributed by atoms with Crippen LogP contribution >= 0.6 is 11.3 Å². The van der Waals surface area contributed by atoms with Crippen LogP contribution in [0.15, 0.2) is 30.5 Å². The molecule has 1 aliphatic rings. The summed E-state index contributed by atoms with van der Waals surface area (Å²) in [5, 5.41) is 3.51. The van der Waals surface area contributed by atoms with Crippen molar-refractivity contribution in [2.45, 2.75) is 39.2 Å². The highest BCUT2D eigenvalue weighted by Gasteiger charge is 2.25. The SMILES string of the molecule is CC(C)Cc1cnc(NC(=O)c2ccccc2OC2CC2)s1. The van der Waals surface area contributed by atoms with E-state index in [4.69, 9.17) is 4.74 Å². The summed E-state index contributed by atoms with van der Waals surface area (Å²) in [7, 11) is 0. The first-order valence-corrected chi connectivity index (χ1v) is 8.45. The number of hydrogen-bond donors (Lipinski definition) is 1. The number of amides is 1. The number of anilines is 1. The monoisotopic (exact) mass is 316 g/mol. The Morgan fingerprint density at radius 3 is 2.91 bits per heavy atom. The zero-order chi connectivity index (χ0) is 15.5. The summed E-state index contributed by atoms with van der Waals surface area (Å²) in [4.78, 5) is 17.9. The van der Waals surface area contributed by atoms with Gasteiger partial charge in [0.15, 0.2) is 5.13 Å². The maximum Gasteiger partial charge on any atom is 0.261 e. The second-order valence-electron chi connectivity index (χ2n) is 6.00. The Balaban J connectivity index is 1.70. The Morgan fingerprint density at radius 2 is 2.18 bits per heavy atom. The highest BCUT2D eigenvalue weighted by molar-refractivity contribution is 7.15. The second-order valence-corrected chi connectivity index (χ2v) is 7.11. The molecule has 2 aromatic rings. The number of carbonyl (C=O) groups excluding carboxylic acids is 1. The minimum atomic E-state index is -0.165. The number of thiazole rings is 1. The Morgan fingerprint density at radius 1 is 1.41 bits per heavy atom. The molecule has 0 unspecified atom stereocenters. The first-order valence-electron chi connectivity index (χ1n) is 7.63. The molecule has 0 atom stereocenters. The van der Waals surface area contributed by atoms with Crippen LogP contribution in [0.25, 0.3) is 0 Å². The van der Waals surface area contributed by atoms with Gasteiger partial charge in [-0.05, 0) is 37.3 Å². The highest BCUT2D eigenvalue weighted by atomic mass is 32.1. The van der Waals surface area contributed by atoms with E-state index in [1.54, 1.807) is 6.07 Å². The van der Waals surface area contributed by atoms with Gasteiger partial charge in [0.25, 0.3) is 5.91 Å². The molecular formula is C17H20N2O2S. The molecule has 0 bridgehead atoms. The molecule has 1 saturated carbocycles. The van der Waals surface area contributed by atoms with Gasteiger partial charge in [-0.3, -0.25) is 10.1 Å². The number of nitrogens with one attached hydrogen (secondary N) is 1. The first-order chi connectivity index (χ1) is 10.6. The van der Waals surface area contributed by atoms with Crippen molar-refractivity contribution in [3.63, 3.8) is 0 Å². The normalized spacial score (nSPS) is 14.1. The Hall–Kier alpha value is -1.88. The molecule has 1 amide bonds. The average Bonchev–Trinajstić information content (AvgIpc) is 3.19. The number of para-hydroxylation sites is 1. The second kappa shape index (κ2) is 6.48. The Bertz CT molecular complexity index is 662. The van der Waals surface area contributed by atoms with E-state index in [1.807, 2.05) is 24.4 Å². The summed E-state index contributed by atoms with van der Waals surface area (Å²) in [5.74, 6) is 1.07. The quantitative estimate of drug-likeness (QED) is 0.871. The van der Waals surface area contributed by atoms with Gasteiger partial charge in [-0.25, -0.2) is 4.98 Å². The van der Waals surface area contributed by atoms with E-state index < -0.39 is 0 Å². The Kier molecular flexibility index (Phi) is 4.43. The molecule has 3 rings (SSSR count). The predicted molar refractivity (Wildman–Crippen MR) is 88.7 cm³/mol. The molecule has 1 aromatic carbocycles. The maximum atomic E-state index is 12.4. The van der Waals surface area contributed by atoms with Crippen LogP contribution in [0.1, 0.15) is 41.9 Å². The van der Waals surface area contributed by atoms with Gasteiger partial charge in [-0.2, -0.15) is 0 Å². The molecule has 1 N–H and O–H groups in total. The lowest BCUT2D eigenvalue weighted by Crippen LogP contribution is -2.13. The fourth-order valence-electron chi connectivity index (χ4n) is 2.15. The number of rotatable bonds is 6. The highest BCUT2D eigenvalue weighted by Crippen LogP contribution is 2.30. The summed E-state index contributed by atoms with van der Waals surface area (Å²) < 4.78 is 5.80. The molecule has 1 aliphatic carbocycles. The predicted octanol–water partition coefficient (Wildman–Crippen LogP) is 4.14. The van der Waals surface area contributed by atoms with Crippen molar-refractivity contribution in [3.8, 4) is 5.75 Å². The number of ether oxygens (including phenoxy) is 1. The van der Waals surface area contributed by atoms with Gasteiger partial charge in [0, 0.05) is 11.1 Å². The molecule has 5 heteroatoms. The van der Waals surface area contributed by atoms with E-state index in [0.717, 1.165) is 19.3 Å². The van der Waals surface area contributed by atoms with Crippen molar-refractivity contribution in [3.05, 3.63) is 40.9 Å². The fourth-order valence-corrected chi connectivity index (χ4v) is 3.17. The van der Waals surface area contributed by atoms with Crippen LogP contribution in [-0.4, -0.2) is 17.0 Å². The number of benzene rings is 1. The molecule has 0 saturated heterocycles. The van der Waals surface area contributed by atoms with E-state index >= 15 is 0 Å².